The van der Waals surface area contributed by atoms with Gasteiger partial charge in [0.05, 0.1) is 37.9 Å². The molecular formula is C42H42Cl2F4N6O7. The Morgan fingerprint density at radius 3 is 1.82 bits per heavy atom. The van der Waals surface area contributed by atoms with Crippen molar-refractivity contribution in [2.24, 2.45) is 4.99 Å². The summed E-state index contributed by atoms with van der Waals surface area (Å²) in [7, 11) is 0. The second kappa shape index (κ2) is 19.9. The molecule has 324 valence electrons. The van der Waals surface area contributed by atoms with Crippen LogP contribution in [0.25, 0.3) is 10.9 Å². The summed E-state index contributed by atoms with van der Waals surface area (Å²) in [4.78, 5) is 57.7. The van der Waals surface area contributed by atoms with Crippen LogP contribution in [0.1, 0.15) is 77.7 Å². The molecule has 0 saturated heterocycles. The van der Waals surface area contributed by atoms with Crippen LogP contribution in [-0.4, -0.2) is 46.2 Å². The number of anilines is 2. The highest BCUT2D eigenvalue weighted by Crippen LogP contribution is 2.27. The second-order valence-corrected chi connectivity index (χ2v) is 16.0. The molecule has 0 spiro atoms. The predicted octanol–water partition coefficient (Wildman–Crippen LogP) is 10.3. The van der Waals surface area contributed by atoms with E-state index >= 15 is 0 Å². The van der Waals surface area contributed by atoms with E-state index in [9.17, 15) is 36.7 Å². The van der Waals surface area contributed by atoms with Gasteiger partial charge in [0, 0.05) is 17.8 Å². The summed E-state index contributed by atoms with van der Waals surface area (Å²) in [5.41, 5.74) is -1.17. The minimum Gasteiger partial charge on any atom is -0.444 e. The normalized spacial score (nSPS) is 12.7. The van der Waals surface area contributed by atoms with Gasteiger partial charge in [-0.05, 0) is 104 Å². The summed E-state index contributed by atoms with van der Waals surface area (Å²) < 4.78 is 70.0. The van der Waals surface area contributed by atoms with Gasteiger partial charge in [0.1, 0.15) is 46.6 Å². The van der Waals surface area contributed by atoms with E-state index < -0.39 is 70.6 Å². The molecule has 1 heterocycles. The zero-order chi connectivity index (χ0) is 45.4. The minimum absolute atomic E-state index is 0.0000652. The van der Waals surface area contributed by atoms with Gasteiger partial charge in [-0.2, -0.15) is 0 Å². The van der Waals surface area contributed by atoms with E-state index in [0.717, 1.165) is 30.3 Å². The molecular weight excluding hydrogens is 847 g/mol. The monoisotopic (exact) mass is 888 g/mol. The fourth-order valence-electron chi connectivity index (χ4n) is 5.11. The van der Waals surface area contributed by atoms with Gasteiger partial charge < -0.3 is 35.2 Å². The number of amides is 4. The van der Waals surface area contributed by atoms with E-state index in [-0.39, 0.29) is 39.1 Å². The van der Waals surface area contributed by atoms with Gasteiger partial charge in [0.2, 0.25) is 17.4 Å². The van der Waals surface area contributed by atoms with E-state index in [4.69, 9.17) is 37.1 Å². The van der Waals surface area contributed by atoms with E-state index in [0.29, 0.717) is 22.0 Å². The van der Waals surface area contributed by atoms with Crippen LogP contribution >= 0.6 is 23.2 Å². The number of nitrogens with zero attached hydrogens (tertiary/aromatic N) is 2. The molecule has 1 aromatic heterocycles. The molecule has 4 amide bonds. The van der Waals surface area contributed by atoms with Crippen molar-refractivity contribution in [1.82, 2.24) is 15.6 Å². The number of fused-ring (bicyclic) bond motifs is 1. The first-order chi connectivity index (χ1) is 28.4. The third kappa shape index (κ3) is 14.5. The number of carbonyl (C=O) groups is 4. The molecule has 2 atom stereocenters. The van der Waals surface area contributed by atoms with Crippen molar-refractivity contribution in [2.75, 3.05) is 10.6 Å². The van der Waals surface area contributed by atoms with Crippen molar-refractivity contribution in [3.63, 3.8) is 0 Å². The zero-order valence-electron chi connectivity index (χ0n) is 34.1. The molecule has 0 saturated carbocycles. The lowest BCUT2D eigenvalue weighted by Crippen LogP contribution is -2.44. The molecule has 19 heteroatoms. The van der Waals surface area contributed by atoms with Gasteiger partial charge in [0.25, 0.3) is 5.91 Å². The standard InChI is InChI=1S/C21H22ClF2N3O4.C21H20ClF2N3O3/c1-11(25-20(30)31-21(2,3)4)18(28)27-16-7-5-6-15(22)17(16)19(29)26-14-9-12(23)8-13(24)10-14;1-11(25-20(28)30-21(2,3)4)18-27-16-7-5-6-15(22)17(16)19(29-18)26-14-9-12(23)8-13(24)10-14/h5-11H,1-4H3,(H,25,30)(H,26,29)(H,27,28);5-11H,1-4H3,(H,25,28). The highest BCUT2D eigenvalue weighted by Gasteiger charge is 2.24. The van der Waals surface area contributed by atoms with E-state index in [1.54, 1.807) is 66.7 Å². The molecule has 5 rings (SSSR count). The number of rotatable bonds is 8. The SMILES string of the molecule is CC(NC(=O)OC(C)(C)C)C(=O)Nc1cccc(Cl)c1C(=O)Nc1cc(F)cc(F)c1.CC(NC(=O)OC(C)(C)C)c1nc2cccc(Cl)c2c(=Nc2cc(F)cc(F)c2)o1. The molecule has 5 aromatic rings. The Morgan fingerprint density at radius 1 is 0.721 bits per heavy atom. The van der Waals surface area contributed by atoms with Gasteiger partial charge in [-0.3, -0.25) is 9.59 Å². The van der Waals surface area contributed by atoms with Crippen LogP contribution in [0.5, 0.6) is 0 Å². The predicted molar refractivity (Wildman–Crippen MR) is 222 cm³/mol. The van der Waals surface area contributed by atoms with E-state index in [1.807, 2.05) is 0 Å². The zero-order valence-corrected chi connectivity index (χ0v) is 35.6. The van der Waals surface area contributed by atoms with Crippen molar-refractivity contribution < 1.29 is 50.6 Å². The number of halogens is 6. The number of carbonyl (C=O) groups excluding carboxylic acids is 4. The lowest BCUT2D eigenvalue weighted by Gasteiger charge is -2.22. The summed E-state index contributed by atoms with van der Waals surface area (Å²) in [6, 6.07) is 13.1. The molecule has 0 aliphatic carbocycles. The third-order valence-electron chi connectivity index (χ3n) is 7.56. The van der Waals surface area contributed by atoms with E-state index in [2.05, 4.69) is 31.2 Å². The summed E-state index contributed by atoms with van der Waals surface area (Å²) in [5.74, 6) is -4.62. The molecule has 0 aliphatic heterocycles. The molecule has 0 aliphatic rings. The maximum absolute atomic E-state index is 13.6. The Morgan fingerprint density at radius 2 is 1.25 bits per heavy atom. The maximum atomic E-state index is 13.6. The van der Waals surface area contributed by atoms with Gasteiger partial charge in [-0.15, -0.1) is 0 Å². The summed E-state index contributed by atoms with van der Waals surface area (Å²) in [5, 5.41) is 10.5. The Labute approximate surface area is 357 Å². The van der Waals surface area contributed by atoms with Crippen LogP contribution in [-0.2, 0) is 14.3 Å². The average molecular weight is 890 g/mol. The van der Waals surface area contributed by atoms with Crippen molar-refractivity contribution >= 4 is 75.2 Å². The largest absolute Gasteiger partial charge is 0.444 e. The van der Waals surface area contributed by atoms with Crippen LogP contribution in [0.4, 0.5) is 44.2 Å². The highest BCUT2D eigenvalue weighted by atomic mass is 35.5. The maximum Gasteiger partial charge on any atom is 0.408 e. The van der Waals surface area contributed by atoms with Crippen LogP contribution in [0.2, 0.25) is 10.0 Å². The first-order valence-electron chi connectivity index (χ1n) is 18.3. The summed E-state index contributed by atoms with van der Waals surface area (Å²) in [6.45, 7) is 13.3. The summed E-state index contributed by atoms with van der Waals surface area (Å²) in [6.07, 6.45) is -1.43. The molecule has 0 fully saturated rings. The van der Waals surface area contributed by atoms with Crippen LogP contribution in [0.15, 0.2) is 82.2 Å². The van der Waals surface area contributed by atoms with Gasteiger partial charge in [0.15, 0.2) is 0 Å². The lowest BCUT2D eigenvalue weighted by atomic mass is 10.1. The van der Waals surface area contributed by atoms with Crippen molar-refractivity contribution in [3.05, 3.63) is 123 Å². The molecule has 4 aromatic carbocycles. The highest BCUT2D eigenvalue weighted by molar-refractivity contribution is 6.36. The number of ether oxygens (including phenoxy) is 2. The van der Waals surface area contributed by atoms with Crippen molar-refractivity contribution in [2.45, 2.75) is 78.7 Å². The molecule has 13 nitrogen and oxygen atoms in total. The van der Waals surface area contributed by atoms with Crippen LogP contribution in [0, 0.1) is 23.3 Å². The van der Waals surface area contributed by atoms with Gasteiger partial charge >= 0.3 is 12.2 Å². The van der Waals surface area contributed by atoms with Crippen molar-refractivity contribution in [1.29, 1.82) is 0 Å². The molecule has 0 bridgehead atoms. The minimum atomic E-state index is -0.998. The summed E-state index contributed by atoms with van der Waals surface area (Å²) >= 11 is 12.4. The number of benzene rings is 4. The molecule has 4 N–H and O–H groups in total. The van der Waals surface area contributed by atoms with Crippen LogP contribution in [0.3, 0.4) is 0 Å². The quantitative estimate of drug-likeness (QED) is 0.111. The Kier molecular flexibility index (Phi) is 15.5. The third-order valence-corrected chi connectivity index (χ3v) is 8.19. The number of alkyl carbamates (subject to hydrolysis) is 2. The van der Waals surface area contributed by atoms with E-state index in [1.165, 1.54) is 25.1 Å². The number of aromatic nitrogens is 1. The Hall–Kier alpha value is -6.20. The molecule has 2 unspecified atom stereocenters. The average Bonchev–Trinajstić information content (AvgIpc) is 3.09. The first-order valence-corrected chi connectivity index (χ1v) is 19.1. The first kappa shape index (κ1) is 47.5. The fraction of sp³-hybridized carbons (Fsp3) is 0.286. The Bertz CT molecular complexity index is 2490. The smallest absolute Gasteiger partial charge is 0.408 e. The topological polar surface area (TPSA) is 173 Å². The molecule has 0 radical (unpaired) electrons. The van der Waals surface area contributed by atoms with Crippen LogP contribution < -0.4 is 26.8 Å². The number of hydrogen-bond acceptors (Lipinski definition) is 9. The van der Waals surface area contributed by atoms with Crippen molar-refractivity contribution in [3.8, 4) is 0 Å². The van der Waals surface area contributed by atoms with Gasteiger partial charge in [-0.25, -0.2) is 37.1 Å². The lowest BCUT2D eigenvalue weighted by molar-refractivity contribution is -0.117. The molecule has 61 heavy (non-hydrogen) atoms. The Balaban J connectivity index is 0.000000269. The number of hydrogen-bond donors (Lipinski definition) is 4. The fourth-order valence-corrected chi connectivity index (χ4v) is 5.62. The van der Waals surface area contributed by atoms with Gasteiger partial charge in [-0.1, -0.05) is 35.3 Å². The second-order valence-electron chi connectivity index (χ2n) is 15.2. The number of nitrogens with one attached hydrogen (secondary N) is 4.